The first kappa shape index (κ1) is 11.0. The number of hydrogen-bond donors (Lipinski definition) is 2. The fourth-order valence-corrected chi connectivity index (χ4v) is 1.37. The lowest BCUT2D eigenvalue weighted by Gasteiger charge is -2.11. The molecule has 1 aromatic rings. The van der Waals surface area contributed by atoms with E-state index in [0.717, 1.165) is 16.9 Å². The van der Waals surface area contributed by atoms with Crippen LogP contribution in [0.25, 0.3) is 0 Å². The summed E-state index contributed by atoms with van der Waals surface area (Å²) in [4.78, 5) is 0. The molecule has 0 radical (unpaired) electrons. The Morgan fingerprint density at radius 1 is 1.50 bits per heavy atom. The van der Waals surface area contributed by atoms with Gasteiger partial charge in [0.2, 0.25) is 0 Å². The van der Waals surface area contributed by atoms with Crippen molar-refractivity contribution < 1.29 is 9.84 Å². The normalized spacial score (nSPS) is 12.6. The van der Waals surface area contributed by atoms with Crippen LogP contribution in [-0.4, -0.2) is 24.9 Å². The number of methoxy groups -OCH3 is 1. The van der Waals surface area contributed by atoms with E-state index in [1.165, 1.54) is 0 Å². The number of aryl methyl sites for hydroxylation is 1. The van der Waals surface area contributed by atoms with Crippen LogP contribution in [0.15, 0.2) is 18.2 Å². The van der Waals surface area contributed by atoms with Gasteiger partial charge in [0.25, 0.3) is 0 Å². The number of benzene rings is 1. The van der Waals surface area contributed by atoms with E-state index in [2.05, 4.69) is 0 Å². The highest BCUT2D eigenvalue weighted by molar-refractivity contribution is 5.35. The topological polar surface area (TPSA) is 55.5 Å². The van der Waals surface area contributed by atoms with Crippen molar-refractivity contribution in [1.82, 2.24) is 0 Å². The predicted molar refractivity (Wildman–Crippen MR) is 56.5 cm³/mol. The van der Waals surface area contributed by atoms with Gasteiger partial charge in [0.05, 0.1) is 13.7 Å². The van der Waals surface area contributed by atoms with E-state index >= 15 is 0 Å². The summed E-state index contributed by atoms with van der Waals surface area (Å²) in [5, 5.41) is 8.84. The lowest BCUT2D eigenvalue weighted by molar-refractivity contribution is 0.265. The fourth-order valence-electron chi connectivity index (χ4n) is 1.37. The van der Waals surface area contributed by atoms with Crippen LogP contribution < -0.4 is 10.5 Å². The van der Waals surface area contributed by atoms with Gasteiger partial charge in [-0.15, -0.1) is 0 Å². The number of hydrogen-bond acceptors (Lipinski definition) is 3. The largest absolute Gasteiger partial charge is 0.497 e. The standard InChI is InChI=1S/C11H17NO2/c1-8-5-11(14-2)4-3-9(8)6-10(12)7-13/h3-5,10,13H,6-7,12H2,1-2H3. The maximum Gasteiger partial charge on any atom is 0.119 e. The van der Waals surface area contributed by atoms with Gasteiger partial charge in [-0.05, 0) is 36.6 Å². The van der Waals surface area contributed by atoms with Crippen LogP contribution in [0.5, 0.6) is 5.75 Å². The van der Waals surface area contributed by atoms with E-state index < -0.39 is 0 Å². The number of rotatable bonds is 4. The third-order valence-corrected chi connectivity index (χ3v) is 2.27. The molecule has 78 valence electrons. The SMILES string of the molecule is COc1ccc(CC(N)CO)c(C)c1. The smallest absolute Gasteiger partial charge is 0.119 e. The molecule has 0 aliphatic rings. The highest BCUT2D eigenvalue weighted by Gasteiger charge is 2.05. The molecule has 1 aromatic carbocycles. The first-order valence-electron chi connectivity index (χ1n) is 4.67. The Labute approximate surface area is 84.5 Å². The number of nitrogens with two attached hydrogens (primary N) is 1. The first-order chi connectivity index (χ1) is 6.67. The molecular formula is C11H17NO2. The van der Waals surface area contributed by atoms with Crippen molar-refractivity contribution in [2.24, 2.45) is 5.73 Å². The number of ether oxygens (including phenoxy) is 1. The quantitative estimate of drug-likeness (QED) is 0.749. The van der Waals surface area contributed by atoms with Gasteiger partial charge in [0.1, 0.15) is 5.75 Å². The number of aliphatic hydroxyl groups is 1. The molecule has 0 aliphatic carbocycles. The van der Waals surface area contributed by atoms with Gasteiger partial charge in [-0.2, -0.15) is 0 Å². The number of aliphatic hydroxyl groups excluding tert-OH is 1. The highest BCUT2D eigenvalue weighted by atomic mass is 16.5. The van der Waals surface area contributed by atoms with Crippen LogP contribution in [0.2, 0.25) is 0 Å². The Kier molecular flexibility index (Phi) is 3.92. The molecule has 1 unspecified atom stereocenters. The van der Waals surface area contributed by atoms with E-state index in [1.807, 2.05) is 25.1 Å². The minimum atomic E-state index is -0.179. The van der Waals surface area contributed by atoms with Gasteiger partial charge in [0, 0.05) is 6.04 Å². The molecular weight excluding hydrogens is 178 g/mol. The molecule has 0 heterocycles. The van der Waals surface area contributed by atoms with Gasteiger partial charge >= 0.3 is 0 Å². The average Bonchev–Trinajstić information content (AvgIpc) is 2.20. The first-order valence-corrected chi connectivity index (χ1v) is 4.67. The van der Waals surface area contributed by atoms with E-state index in [-0.39, 0.29) is 12.6 Å². The third-order valence-electron chi connectivity index (χ3n) is 2.27. The highest BCUT2D eigenvalue weighted by Crippen LogP contribution is 2.17. The van der Waals surface area contributed by atoms with E-state index in [1.54, 1.807) is 7.11 Å². The Morgan fingerprint density at radius 2 is 2.21 bits per heavy atom. The molecule has 0 bridgehead atoms. The lowest BCUT2D eigenvalue weighted by atomic mass is 10.0. The lowest BCUT2D eigenvalue weighted by Crippen LogP contribution is -2.27. The molecule has 1 atom stereocenters. The van der Waals surface area contributed by atoms with Gasteiger partial charge in [-0.1, -0.05) is 6.07 Å². The summed E-state index contributed by atoms with van der Waals surface area (Å²) in [6.45, 7) is 2.04. The predicted octanol–water partition coefficient (Wildman–Crippen LogP) is 0.866. The zero-order chi connectivity index (χ0) is 10.6. The van der Waals surface area contributed by atoms with Crippen molar-refractivity contribution >= 4 is 0 Å². The van der Waals surface area contributed by atoms with E-state index in [9.17, 15) is 0 Å². The van der Waals surface area contributed by atoms with Crippen LogP contribution in [-0.2, 0) is 6.42 Å². The molecule has 1 rings (SSSR count). The molecule has 0 saturated heterocycles. The monoisotopic (exact) mass is 195 g/mol. The van der Waals surface area contributed by atoms with Crippen LogP contribution in [0.3, 0.4) is 0 Å². The van der Waals surface area contributed by atoms with Crippen LogP contribution in [0.4, 0.5) is 0 Å². The fraction of sp³-hybridized carbons (Fsp3) is 0.455. The molecule has 3 nitrogen and oxygen atoms in total. The maximum atomic E-state index is 8.84. The van der Waals surface area contributed by atoms with Gasteiger partial charge in [-0.3, -0.25) is 0 Å². The van der Waals surface area contributed by atoms with Gasteiger partial charge in [0.15, 0.2) is 0 Å². The Balaban J connectivity index is 2.78. The summed E-state index contributed by atoms with van der Waals surface area (Å²) >= 11 is 0. The van der Waals surface area contributed by atoms with Crippen molar-refractivity contribution in [3.8, 4) is 5.75 Å². The Hall–Kier alpha value is -1.06. The van der Waals surface area contributed by atoms with Crippen molar-refractivity contribution in [1.29, 1.82) is 0 Å². The van der Waals surface area contributed by atoms with Crippen molar-refractivity contribution in [2.75, 3.05) is 13.7 Å². The molecule has 0 fully saturated rings. The zero-order valence-electron chi connectivity index (χ0n) is 8.66. The Morgan fingerprint density at radius 3 is 2.71 bits per heavy atom. The molecule has 0 aromatic heterocycles. The summed E-state index contributed by atoms with van der Waals surface area (Å²) in [7, 11) is 1.65. The second-order valence-electron chi connectivity index (χ2n) is 3.44. The second kappa shape index (κ2) is 4.98. The maximum absolute atomic E-state index is 8.84. The van der Waals surface area contributed by atoms with Crippen molar-refractivity contribution in [2.45, 2.75) is 19.4 Å². The van der Waals surface area contributed by atoms with E-state index in [4.69, 9.17) is 15.6 Å². The molecule has 0 spiro atoms. The van der Waals surface area contributed by atoms with Crippen LogP contribution in [0.1, 0.15) is 11.1 Å². The van der Waals surface area contributed by atoms with Crippen LogP contribution >= 0.6 is 0 Å². The molecule has 0 amide bonds. The van der Waals surface area contributed by atoms with E-state index in [0.29, 0.717) is 6.42 Å². The van der Waals surface area contributed by atoms with Crippen molar-refractivity contribution in [3.05, 3.63) is 29.3 Å². The molecule has 0 aliphatic heterocycles. The third kappa shape index (κ3) is 2.72. The molecule has 0 saturated carbocycles. The summed E-state index contributed by atoms with van der Waals surface area (Å²) in [5.74, 6) is 0.851. The minimum absolute atomic E-state index is 0.0193. The summed E-state index contributed by atoms with van der Waals surface area (Å²) in [5.41, 5.74) is 7.97. The summed E-state index contributed by atoms with van der Waals surface area (Å²) < 4.78 is 5.10. The van der Waals surface area contributed by atoms with Crippen LogP contribution in [0, 0.1) is 6.92 Å². The van der Waals surface area contributed by atoms with Gasteiger partial charge < -0.3 is 15.6 Å². The minimum Gasteiger partial charge on any atom is -0.497 e. The van der Waals surface area contributed by atoms with Gasteiger partial charge in [-0.25, -0.2) is 0 Å². The average molecular weight is 195 g/mol. The zero-order valence-corrected chi connectivity index (χ0v) is 8.66. The Bertz CT molecular complexity index is 299. The second-order valence-corrected chi connectivity index (χ2v) is 3.44. The molecule has 14 heavy (non-hydrogen) atoms. The summed E-state index contributed by atoms with van der Waals surface area (Å²) in [6, 6.07) is 5.69. The molecule has 3 N–H and O–H groups in total. The molecule has 3 heteroatoms. The van der Waals surface area contributed by atoms with Crippen molar-refractivity contribution in [3.63, 3.8) is 0 Å². The summed E-state index contributed by atoms with van der Waals surface area (Å²) in [6.07, 6.45) is 0.701.